The van der Waals surface area contributed by atoms with Crippen LogP contribution in [0.5, 0.6) is 5.75 Å². The average Bonchev–Trinajstić information content (AvgIpc) is 2.59. The van der Waals surface area contributed by atoms with E-state index in [4.69, 9.17) is 4.74 Å². The summed E-state index contributed by atoms with van der Waals surface area (Å²) in [5.74, 6) is 0.633. The van der Waals surface area contributed by atoms with Crippen LogP contribution in [0.3, 0.4) is 0 Å². The van der Waals surface area contributed by atoms with Gasteiger partial charge in [-0.3, -0.25) is 0 Å². The number of nitrogens with one attached hydrogen (secondary N) is 1. The van der Waals surface area contributed by atoms with Crippen LogP contribution in [0.4, 0.5) is 23.7 Å². The van der Waals surface area contributed by atoms with Crippen molar-refractivity contribution in [1.29, 1.82) is 0 Å². The van der Waals surface area contributed by atoms with E-state index in [0.717, 1.165) is 17.7 Å². The molecule has 0 heterocycles. The van der Waals surface area contributed by atoms with E-state index in [9.17, 15) is 18.0 Å². The SMILES string of the molecule is COc1ccccc1[C@H](C)N(C)C(=O)Nc1cccc(C(F)(F)F)c1. The Morgan fingerprint density at radius 1 is 1.16 bits per heavy atom. The van der Waals surface area contributed by atoms with Crippen molar-refractivity contribution in [3.05, 3.63) is 59.7 Å². The number of rotatable bonds is 4. The number of carbonyl (C=O) groups is 1. The van der Waals surface area contributed by atoms with Gasteiger partial charge in [0.05, 0.1) is 18.7 Å². The van der Waals surface area contributed by atoms with E-state index in [2.05, 4.69) is 5.32 Å². The molecule has 2 amide bonds. The Morgan fingerprint density at radius 3 is 2.48 bits per heavy atom. The second kappa shape index (κ2) is 7.46. The van der Waals surface area contributed by atoms with Crippen LogP contribution in [0.15, 0.2) is 48.5 Å². The third kappa shape index (κ3) is 4.43. The highest BCUT2D eigenvalue weighted by Gasteiger charge is 2.30. The Bertz CT molecular complexity index is 747. The lowest BCUT2D eigenvalue weighted by Gasteiger charge is -2.27. The van der Waals surface area contributed by atoms with E-state index in [1.807, 2.05) is 25.1 Å². The highest BCUT2D eigenvalue weighted by atomic mass is 19.4. The largest absolute Gasteiger partial charge is 0.496 e. The minimum atomic E-state index is -4.46. The molecular formula is C18H19F3N2O2. The Labute approximate surface area is 144 Å². The fourth-order valence-corrected chi connectivity index (χ4v) is 2.38. The van der Waals surface area contributed by atoms with Crippen molar-refractivity contribution in [2.45, 2.75) is 19.1 Å². The Morgan fingerprint density at radius 2 is 1.84 bits per heavy atom. The highest BCUT2D eigenvalue weighted by Crippen LogP contribution is 2.31. The summed E-state index contributed by atoms with van der Waals surface area (Å²) in [6.07, 6.45) is -4.46. The molecule has 0 radical (unpaired) electrons. The molecule has 2 aromatic rings. The summed E-state index contributed by atoms with van der Waals surface area (Å²) in [5.41, 5.74) is 0.0660. The van der Waals surface area contributed by atoms with Crippen molar-refractivity contribution in [2.75, 3.05) is 19.5 Å². The summed E-state index contributed by atoms with van der Waals surface area (Å²) in [6.45, 7) is 1.81. The number of hydrogen-bond acceptors (Lipinski definition) is 2. The van der Waals surface area contributed by atoms with E-state index in [-0.39, 0.29) is 11.7 Å². The average molecular weight is 352 g/mol. The maximum atomic E-state index is 12.8. The molecule has 0 aliphatic rings. The lowest BCUT2D eigenvalue weighted by atomic mass is 10.1. The van der Waals surface area contributed by atoms with Crippen LogP contribution in [0, 0.1) is 0 Å². The minimum absolute atomic E-state index is 0.0823. The van der Waals surface area contributed by atoms with Gasteiger partial charge in [-0.1, -0.05) is 24.3 Å². The number of methoxy groups -OCH3 is 1. The number of para-hydroxylation sites is 1. The number of alkyl halides is 3. The quantitative estimate of drug-likeness (QED) is 0.847. The molecule has 1 N–H and O–H groups in total. The number of ether oxygens (including phenoxy) is 1. The van der Waals surface area contributed by atoms with Crippen LogP contribution in [0.2, 0.25) is 0 Å². The normalized spacial score (nSPS) is 12.4. The number of carbonyl (C=O) groups excluding carboxylic acids is 1. The summed E-state index contributed by atoms with van der Waals surface area (Å²) in [6, 6.07) is 10.9. The number of hydrogen-bond donors (Lipinski definition) is 1. The molecule has 4 nitrogen and oxygen atoms in total. The van der Waals surface area contributed by atoms with Gasteiger partial charge in [0, 0.05) is 18.3 Å². The molecule has 0 saturated heterocycles. The van der Waals surface area contributed by atoms with Crippen molar-refractivity contribution in [1.82, 2.24) is 4.90 Å². The smallest absolute Gasteiger partial charge is 0.416 e. The number of urea groups is 1. The lowest BCUT2D eigenvalue weighted by Crippen LogP contribution is -2.33. The van der Waals surface area contributed by atoms with Gasteiger partial charge in [-0.05, 0) is 31.2 Å². The first kappa shape index (κ1) is 18.6. The predicted molar refractivity (Wildman–Crippen MR) is 89.6 cm³/mol. The lowest BCUT2D eigenvalue weighted by molar-refractivity contribution is -0.137. The van der Waals surface area contributed by atoms with Crippen LogP contribution in [0.1, 0.15) is 24.1 Å². The van der Waals surface area contributed by atoms with E-state index in [1.54, 1.807) is 13.1 Å². The molecule has 0 fully saturated rings. The first-order valence-electron chi connectivity index (χ1n) is 7.58. The summed E-state index contributed by atoms with van der Waals surface area (Å²) < 4.78 is 43.6. The molecule has 0 spiro atoms. The standard InChI is InChI=1S/C18H19F3N2O2/c1-12(15-9-4-5-10-16(15)25-3)23(2)17(24)22-14-8-6-7-13(11-14)18(19,20)21/h4-12H,1-3H3,(H,22,24)/t12-/m0/s1. The van der Waals surface area contributed by atoms with Crippen LogP contribution >= 0.6 is 0 Å². The molecule has 0 aromatic heterocycles. The molecule has 7 heteroatoms. The Kier molecular flexibility index (Phi) is 5.56. The zero-order valence-electron chi connectivity index (χ0n) is 14.1. The maximum Gasteiger partial charge on any atom is 0.416 e. The van der Waals surface area contributed by atoms with Gasteiger partial charge in [-0.15, -0.1) is 0 Å². The number of nitrogens with zero attached hydrogens (tertiary/aromatic N) is 1. The van der Waals surface area contributed by atoms with Gasteiger partial charge in [0.25, 0.3) is 0 Å². The molecular weight excluding hydrogens is 333 g/mol. The van der Waals surface area contributed by atoms with Crippen LogP contribution in [-0.4, -0.2) is 25.1 Å². The number of halogens is 3. The molecule has 25 heavy (non-hydrogen) atoms. The van der Waals surface area contributed by atoms with E-state index >= 15 is 0 Å². The van der Waals surface area contributed by atoms with E-state index < -0.39 is 17.8 Å². The Hall–Kier alpha value is -2.70. The zero-order chi connectivity index (χ0) is 18.6. The fraction of sp³-hybridized carbons (Fsp3) is 0.278. The van der Waals surface area contributed by atoms with Gasteiger partial charge in [0.1, 0.15) is 5.75 Å². The predicted octanol–water partition coefficient (Wildman–Crippen LogP) is 4.94. The monoisotopic (exact) mass is 352 g/mol. The molecule has 0 aliphatic heterocycles. The van der Waals surface area contributed by atoms with E-state index in [0.29, 0.717) is 5.75 Å². The van der Waals surface area contributed by atoms with E-state index in [1.165, 1.54) is 24.1 Å². The Balaban J connectivity index is 2.15. The van der Waals surface area contributed by atoms with Crippen molar-refractivity contribution in [2.24, 2.45) is 0 Å². The summed E-state index contributed by atoms with van der Waals surface area (Å²) in [4.78, 5) is 13.8. The second-order valence-corrected chi connectivity index (χ2v) is 5.54. The molecule has 2 aromatic carbocycles. The van der Waals surface area contributed by atoms with Gasteiger partial charge in [-0.25, -0.2) is 4.79 Å². The van der Waals surface area contributed by atoms with Crippen molar-refractivity contribution >= 4 is 11.7 Å². The van der Waals surface area contributed by atoms with Crippen LogP contribution in [0.25, 0.3) is 0 Å². The number of anilines is 1. The molecule has 134 valence electrons. The summed E-state index contributed by atoms with van der Waals surface area (Å²) in [7, 11) is 3.11. The van der Waals surface area contributed by atoms with Gasteiger partial charge in [0.2, 0.25) is 0 Å². The van der Waals surface area contributed by atoms with Crippen molar-refractivity contribution in [3.63, 3.8) is 0 Å². The van der Waals surface area contributed by atoms with Gasteiger partial charge in [0.15, 0.2) is 0 Å². The topological polar surface area (TPSA) is 41.6 Å². The third-order valence-electron chi connectivity index (χ3n) is 3.93. The fourth-order valence-electron chi connectivity index (χ4n) is 2.38. The first-order valence-corrected chi connectivity index (χ1v) is 7.58. The summed E-state index contributed by atoms with van der Waals surface area (Å²) in [5, 5.41) is 2.49. The first-order chi connectivity index (χ1) is 11.7. The highest BCUT2D eigenvalue weighted by molar-refractivity contribution is 5.89. The number of benzene rings is 2. The molecule has 0 saturated carbocycles. The number of amides is 2. The maximum absolute atomic E-state index is 12.8. The minimum Gasteiger partial charge on any atom is -0.496 e. The third-order valence-corrected chi connectivity index (χ3v) is 3.93. The summed E-state index contributed by atoms with van der Waals surface area (Å²) >= 11 is 0. The second-order valence-electron chi connectivity index (χ2n) is 5.54. The molecule has 0 aliphatic carbocycles. The zero-order valence-corrected chi connectivity index (χ0v) is 14.1. The molecule has 0 bridgehead atoms. The van der Waals surface area contributed by atoms with Gasteiger partial charge in [-0.2, -0.15) is 13.2 Å². The van der Waals surface area contributed by atoms with Crippen molar-refractivity contribution < 1.29 is 22.7 Å². The molecule has 0 unspecified atom stereocenters. The van der Waals surface area contributed by atoms with Crippen molar-refractivity contribution in [3.8, 4) is 5.75 Å². The van der Waals surface area contributed by atoms with Crippen LogP contribution < -0.4 is 10.1 Å². The van der Waals surface area contributed by atoms with Gasteiger partial charge >= 0.3 is 12.2 Å². The van der Waals surface area contributed by atoms with Gasteiger partial charge < -0.3 is 15.0 Å². The van der Waals surface area contributed by atoms with Crippen LogP contribution in [-0.2, 0) is 6.18 Å². The molecule has 2 rings (SSSR count). The molecule has 1 atom stereocenters.